The first-order valence-corrected chi connectivity index (χ1v) is 5.71. The van der Waals surface area contributed by atoms with Crippen LogP contribution >= 0.6 is 0 Å². The Morgan fingerprint density at radius 1 is 1.29 bits per heavy atom. The zero-order valence-electron chi connectivity index (χ0n) is 10.3. The van der Waals surface area contributed by atoms with Gasteiger partial charge < -0.3 is 10.4 Å². The van der Waals surface area contributed by atoms with Crippen molar-refractivity contribution in [2.75, 3.05) is 13.2 Å². The molecule has 0 bridgehead atoms. The third-order valence-corrected chi connectivity index (χ3v) is 2.74. The van der Waals surface area contributed by atoms with E-state index in [1.54, 1.807) is 6.07 Å². The number of aliphatic hydroxyl groups excluding tert-OH is 1. The fourth-order valence-electron chi connectivity index (χ4n) is 1.61. The zero-order valence-corrected chi connectivity index (χ0v) is 10.3. The summed E-state index contributed by atoms with van der Waals surface area (Å²) >= 11 is 0. The molecule has 0 amide bonds. The summed E-state index contributed by atoms with van der Waals surface area (Å²) in [5.74, 6) is -1.61. The summed E-state index contributed by atoms with van der Waals surface area (Å²) in [4.78, 5) is 0. The molecule has 0 aromatic heterocycles. The number of rotatable bonds is 6. The second-order valence-corrected chi connectivity index (χ2v) is 4.95. The van der Waals surface area contributed by atoms with Crippen LogP contribution in [0.2, 0.25) is 0 Å². The first kappa shape index (κ1) is 14.1. The Bertz CT molecular complexity index is 366. The largest absolute Gasteiger partial charge is 0.396 e. The summed E-state index contributed by atoms with van der Waals surface area (Å²) in [5, 5.41) is 11.9. The standard InChI is InChI=1S/C13H19F2NO/c1-13(2,6-7-17)9-16-8-10-4-3-5-11(14)12(10)15/h3-5,16-17H,6-9H2,1-2H3. The molecule has 1 rings (SSSR count). The van der Waals surface area contributed by atoms with E-state index in [1.165, 1.54) is 6.07 Å². The lowest BCUT2D eigenvalue weighted by atomic mass is 9.90. The third-order valence-electron chi connectivity index (χ3n) is 2.74. The molecule has 0 radical (unpaired) electrons. The van der Waals surface area contributed by atoms with Gasteiger partial charge in [-0.1, -0.05) is 26.0 Å². The molecule has 0 fully saturated rings. The fourth-order valence-corrected chi connectivity index (χ4v) is 1.61. The predicted octanol–water partition coefficient (Wildman–Crippen LogP) is 2.46. The van der Waals surface area contributed by atoms with Crippen molar-refractivity contribution in [3.8, 4) is 0 Å². The summed E-state index contributed by atoms with van der Waals surface area (Å²) in [6.45, 7) is 5.08. The van der Waals surface area contributed by atoms with Gasteiger partial charge in [0.15, 0.2) is 11.6 Å². The Hall–Kier alpha value is -1.00. The number of hydrogen-bond donors (Lipinski definition) is 2. The Labute approximate surface area is 101 Å². The summed E-state index contributed by atoms with van der Waals surface area (Å²) in [5.41, 5.74) is 0.267. The molecule has 0 saturated heterocycles. The third kappa shape index (κ3) is 4.40. The highest BCUT2D eigenvalue weighted by molar-refractivity contribution is 5.18. The van der Waals surface area contributed by atoms with Crippen molar-refractivity contribution in [1.82, 2.24) is 5.32 Å². The molecule has 1 aromatic carbocycles. The molecule has 0 spiro atoms. The molecule has 0 saturated carbocycles. The highest BCUT2D eigenvalue weighted by Gasteiger charge is 2.16. The molecule has 0 aliphatic heterocycles. The maximum atomic E-state index is 13.3. The minimum atomic E-state index is -0.820. The zero-order chi connectivity index (χ0) is 12.9. The average Bonchev–Trinajstić information content (AvgIpc) is 2.24. The van der Waals surface area contributed by atoms with Crippen molar-refractivity contribution >= 4 is 0 Å². The number of hydrogen-bond acceptors (Lipinski definition) is 2. The molecule has 0 aliphatic carbocycles. The average molecular weight is 243 g/mol. The Morgan fingerprint density at radius 2 is 2.00 bits per heavy atom. The highest BCUT2D eigenvalue weighted by atomic mass is 19.2. The number of nitrogens with one attached hydrogen (secondary N) is 1. The lowest BCUT2D eigenvalue weighted by molar-refractivity contribution is 0.207. The second kappa shape index (κ2) is 6.07. The molecule has 4 heteroatoms. The SMILES string of the molecule is CC(C)(CCO)CNCc1cccc(F)c1F. The van der Waals surface area contributed by atoms with Crippen LogP contribution < -0.4 is 5.32 Å². The van der Waals surface area contributed by atoms with Gasteiger partial charge in [-0.3, -0.25) is 0 Å². The molecule has 2 nitrogen and oxygen atoms in total. The molecule has 1 aromatic rings. The van der Waals surface area contributed by atoms with Gasteiger partial charge in [-0.25, -0.2) is 8.78 Å². The summed E-state index contributed by atoms with van der Waals surface area (Å²) < 4.78 is 26.2. The molecule has 17 heavy (non-hydrogen) atoms. The van der Waals surface area contributed by atoms with Gasteiger partial charge in [-0.05, 0) is 17.9 Å². The number of halogens is 2. The van der Waals surface area contributed by atoms with Crippen LogP contribution in [0.3, 0.4) is 0 Å². The van der Waals surface area contributed by atoms with E-state index >= 15 is 0 Å². The van der Waals surface area contributed by atoms with Crippen molar-refractivity contribution < 1.29 is 13.9 Å². The molecular weight excluding hydrogens is 224 g/mol. The maximum Gasteiger partial charge on any atom is 0.163 e. The van der Waals surface area contributed by atoms with Crippen molar-refractivity contribution in [3.05, 3.63) is 35.4 Å². The minimum Gasteiger partial charge on any atom is -0.396 e. The van der Waals surface area contributed by atoms with Crippen molar-refractivity contribution in [3.63, 3.8) is 0 Å². The Morgan fingerprint density at radius 3 is 2.65 bits per heavy atom. The van der Waals surface area contributed by atoms with Crippen LogP contribution in [-0.4, -0.2) is 18.3 Å². The summed E-state index contributed by atoms with van der Waals surface area (Å²) in [6.07, 6.45) is 0.672. The monoisotopic (exact) mass is 243 g/mol. The fraction of sp³-hybridized carbons (Fsp3) is 0.538. The van der Waals surface area contributed by atoms with Gasteiger partial charge in [0.05, 0.1) is 0 Å². The Kier molecular flexibility index (Phi) is 5.02. The van der Waals surface area contributed by atoms with Crippen molar-refractivity contribution in [2.45, 2.75) is 26.8 Å². The molecule has 0 heterocycles. The lowest BCUT2D eigenvalue weighted by Crippen LogP contribution is -2.30. The molecular formula is C13H19F2NO. The minimum absolute atomic E-state index is 0.0570. The van der Waals surface area contributed by atoms with E-state index in [1.807, 2.05) is 13.8 Å². The smallest absolute Gasteiger partial charge is 0.163 e. The summed E-state index contributed by atoms with van der Waals surface area (Å²) in [6, 6.07) is 4.16. The second-order valence-electron chi connectivity index (χ2n) is 4.95. The van der Waals surface area contributed by atoms with Gasteiger partial charge in [0.25, 0.3) is 0 Å². The predicted molar refractivity (Wildman–Crippen MR) is 63.5 cm³/mol. The van der Waals surface area contributed by atoms with E-state index < -0.39 is 11.6 Å². The van der Waals surface area contributed by atoms with E-state index in [2.05, 4.69) is 5.32 Å². The maximum absolute atomic E-state index is 13.3. The molecule has 2 N–H and O–H groups in total. The lowest BCUT2D eigenvalue weighted by Gasteiger charge is -2.24. The van der Waals surface area contributed by atoms with E-state index in [4.69, 9.17) is 5.11 Å². The van der Waals surface area contributed by atoms with Crippen LogP contribution in [0, 0.1) is 17.0 Å². The van der Waals surface area contributed by atoms with E-state index in [0.29, 0.717) is 25.1 Å². The van der Waals surface area contributed by atoms with Crippen molar-refractivity contribution in [1.29, 1.82) is 0 Å². The molecule has 0 aliphatic rings. The van der Waals surface area contributed by atoms with E-state index in [9.17, 15) is 8.78 Å². The number of aliphatic hydroxyl groups is 1. The van der Waals surface area contributed by atoms with Crippen LogP contribution in [-0.2, 0) is 6.54 Å². The quantitative estimate of drug-likeness (QED) is 0.804. The van der Waals surface area contributed by atoms with Crippen molar-refractivity contribution in [2.24, 2.45) is 5.41 Å². The highest BCUT2D eigenvalue weighted by Crippen LogP contribution is 2.18. The van der Waals surface area contributed by atoms with Crippen LogP contribution in [0.5, 0.6) is 0 Å². The topological polar surface area (TPSA) is 32.3 Å². The molecule has 0 atom stereocenters. The normalized spacial score (nSPS) is 11.8. The summed E-state index contributed by atoms with van der Waals surface area (Å²) in [7, 11) is 0. The molecule has 96 valence electrons. The number of benzene rings is 1. The van der Waals surface area contributed by atoms with Gasteiger partial charge in [0.1, 0.15) is 0 Å². The van der Waals surface area contributed by atoms with Gasteiger partial charge in [0.2, 0.25) is 0 Å². The van der Waals surface area contributed by atoms with E-state index in [0.717, 1.165) is 6.07 Å². The van der Waals surface area contributed by atoms with Crippen LogP contribution in [0.15, 0.2) is 18.2 Å². The van der Waals surface area contributed by atoms with Crippen LogP contribution in [0.4, 0.5) is 8.78 Å². The van der Waals surface area contributed by atoms with Gasteiger partial charge in [-0.15, -0.1) is 0 Å². The molecule has 0 unspecified atom stereocenters. The van der Waals surface area contributed by atoms with Crippen LogP contribution in [0.25, 0.3) is 0 Å². The van der Waals surface area contributed by atoms with Crippen LogP contribution in [0.1, 0.15) is 25.8 Å². The van der Waals surface area contributed by atoms with E-state index in [-0.39, 0.29) is 12.0 Å². The van der Waals surface area contributed by atoms with Gasteiger partial charge in [-0.2, -0.15) is 0 Å². The van der Waals surface area contributed by atoms with Gasteiger partial charge in [0, 0.05) is 25.3 Å². The van der Waals surface area contributed by atoms with Gasteiger partial charge >= 0.3 is 0 Å². The first-order chi connectivity index (χ1) is 7.96. The Balaban J connectivity index is 2.49. The first-order valence-electron chi connectivity index (χ1n) is 5.71.